The highest BCUT2D eigenvalue weighted by atomic mass is 16.5. The van der Waals surface area contributed by atoms with Gasteiger partial charge in [-0.1, -0.05) is 0 Å². The van der Waals surface area contributed by atoms with Gasteiger partial charge in [0.2, 0.25) is 0 Å². The van der Waals surface area contributed by atoms with Crippen molar-refractivity contribution in [1.29, 1.82) is 0 Å². The Morgan fingerprint density at radius 2 is 1.75 bits per heavy atom. The predicted octanol–water partition coefficient (Wildman–Crippen LogP) is 0.508. The molecule has 0 aliphatic carbocycles. The van der Waals surface area contributed by atoms with Gasteiger partial charge in [-0.3, -0.25) is 4.90 Å². The zero-order chi connectivity index (χ0) is 17.1. The molecule has 0 aromatic carbocycles. The highest BCUT2D eigenvalue weighted by Crippen LogP contribution is 2.27. The first-order valence-electron chi connectivity index (χ1n) is 8.70. The van der Waals surface area contributed by atoms with E-state index < -0.39 is 0 Å². The van der Waals surface area contributed by atoms with Crippen molar-refractivity contribution in [3.63, 3.8) is 0 Å². The number of hydrogen-bond donors (Lipinski definition) is 0. The average molecular weight is 336 g/mol. The van der Waals surface area contributed by atoms with Crippen LogP contribution in [0.15, 0.2) is 0 Å². The van der Waals surface area contributed by atoms with Gasteiger partial charge in [0.15, 0.2) is 0 Å². The Morgan fingerprint density at radius 3 is 2.38 bits per heavy atom. The molecular formula is C16H28N6O2. The van der Waals surface area contributed by atoms with Crippen molar-refractivity contribution in [3.8, 4) is 0 Å². The van der Waals surface area contributed by atoms with E-state index in [-0.39, 0.29) is 6.09 Å². The first-order valence-corrected chi connectivity index (χ1v) is 8.70. The molecule has 0 N–H and O–H groups in total. The molecule has 24 heavy (non-hydrogen) atoms. The number of likely N-dealkylation sites (tertiary alicyclic amines) is 1. The van der Waals surface area contributed by atoms with Gasteiger partial charge in [-0.05, 0) is 19.9 Å². The van der Waals surface area contributed by atoms with Crippen molar-refractivity contribution < 1.29 is 9.53 Å². The van der Waals surface area contributed by atoms with E-state index in [4.69, 9.17) is 4.74 Å². The molecule has 0 saturated carbocycles. The summed E-state index contributed by atoms with van der Waals surface area (Å²) in [4.78, 5) is 18.1. The van der Waals surface area contributed by atoms with E-state index in [1.807, 2.05) is 0 Å². The normalized spacial score (nSPS) is 21.2. The molecule has 3 heterocycles. The largest absolute Gasteiger partial charge is 0.453 e. The third-order valence-corrected chi connectivity index (χ3v) is 5.25. The smallest absolute Gasteiger partial charge is 0.409 e. The molecule has 134 valence electrons. The summed E-state index contributed by atoms with van der Waals surface area (Å²) in [6, 6.07) is 0. The van der Waals surface area contributed by atoms with Crippen LogP contribution < -0.4 is 0 Å². The first kappa shape index (κ1) is 17.2. The van der Waals surface area contributed by atoms with Gasteiger partial charge < -0.3 is 19.1 Å². The summed E-state index contributed by atoms with van der Waals surface area (Å²) >= 11 is 0. The summed E-state index contributed by atoms with van der Waals surface area (Å²) in [7, 11) is 5.66. The Bertz CT molecular complexity index is 559. The number of piperidine rings is 1. The lowest BCUT2D eigenvalue weighted by molar-refractivity contribution is 0.111. The molecule has 1 aromatic heterocycles. The van der Waals surface area contributed by atoms with Crippen LogP contribution in [0.5, 0.6) is 0 Å². The summed E-state index contributed by atoms with van der Waals surface area (Å²) in [6.07, 6.45) is 1.59. The number of rotatable bonds is 3. The summed E-state index contributed by atoms with van der Waals surface area (Å²) < 4.78 is 6.95. The number of amides is 1. The van der Waals surface area contributed by atoms with Crippen LogP contribution in [0, 0.1) is 0 Å². The molecule has 3 rings (SSSR count). The van der Waals surface area contributed by atoms with Crippen molar-refractivity contribution in [2.24, 2.45) is 7.05 Å². The minimum absolute atomic E-state index is 0.234. The third-order valence-electron chi connectivity index (χ3n) is 5.25. The molecule has 0 unspecified atom stereocenters. The standard InChI is InChI=1S/C16H28N6O2/c1-19-8-10-21(11-9-19)12-14-17-18-15(20(14)2)13-4-6-22(7-5-13)16(23)24-3/h13H,4-12H2,1-3H3. The highest BCUT2D eigenvalue weighted by Gasteiger charge is 2.28. The Morgan fingerprint density at radius 1 is 1.08 bits per heavy atom. The molecule has 2 aliphatic heterocycles. The number of aromatic nitrogens is 3. The van der Waals surface area contributed by atoms with Crippen LogP contribution in [0.2, 0.25) is 0 Å². The van der Waals surface area contributed by atoms with Gasteiger partial charge in [0, 0.05) is 52.2 Å². The van der Waals surface area contributed by atoms with E-state index in [0.717, 1.165) is 70.3 Å². The number of hydrogen-bond acceptors (Lipinski definition) is 6. The summed E-state index contributed by atoms with van der Waals surface area (Å²) in [6.45, 7) is 6.67. The van der Waals surface area contributed by atoms with E-state index in [2.05, 4.69) is 38.7 Å². The van der Waals surface area contributed by atoms with Crippen LogP contribution >= 0.6 is 0 Å². The predicted molar refractivity (Wildman–Crippen MR) is 89.7 cm³/mol. The van der Waals surface area contributed by atoms with Gasteiger partial charge in [-0.25, -0.2) is 4.79 Å². The van der Waals surface area contributed by atoms with Gasteiger partial charge in [0.25, 0.3) is 0 Å². The second-order valence-corrected chi connectivity index (χ2v) is 6.84. The van der Waals surface area contributed by atoms with Crippen LogP contribution in [0.4, 0.5) is 4.79 Å². The van der Waals surface area contributed by atoms with Crippen molar-refractivity contribution >= 4 is 6.09 Å². The average Bonchev–Trinajstić information content (AvgIpc) is 2.97. The monoisotopic (exact) mass is 336 g/mol. The lowest BCUT2D eigenvalue weighted by Gasteiger charge is -2.32. The zero-order valence-electron chi connectivity index (χ0n) is 14.9. The first-order chi connectivity index (χ1) is 11.6. The fourth-order valence-corrected chi connectivity index (χ4v) is 3.52. The maximum Gasteiger partial charge on any atom is 0.409 e. The van der Waals surface area contributed by atoms with Crippen molar-refractivity contribution in [1.82, 2.24) is 29.5 Å². The van der Waals surface area contributed by atoms with Crippen molar-refractivity contribution in [2.45, 2.75) is 25.3 Å². The molecule has 2 aliphatic rings. The minimum atomic E-state index is -0.234. The molecule has 1 aromatic rings. The minimum Gasteiger partial charge on any atom is -0.453 e. The van der Waals surface area contributed by atoms with E-state index in [0.29, 0.717) is 5.92 Å². The lowest BCUT2D eigenvalue weighted by atomic mass is 9.96. The van der Waals surface area contributed by atoms with Crippen LogP contribution in [-0.2, 0) is 18.3 Å². The summed E-state index contributed by atoms with van der Waals surface area (Å²) in [5.41, 5.74) is 0. The molecule has 8 heteroatoms. The maximum absolute atomic E-state index is 11.6. The molecule has 0 bridgehead atoms. The number of piperazine rings is 1. The second kappa shape index (κ2) is 7.48. The van der Waals surface area contributed by atoms with Gasteiger partial charge in [-0.2, -0.15) is 0 Å². The Hall–Kier alpha value is -1.67. The van der Waals surface area contributed by atoms with E-state index in [1.54, 1.807) is 4.90 Å². The Balaban J connectivity index is 1.58. The Labute approximate surface area is 143 Å². The number of ether oxygens (including phenoxy) is 1. The van der Waals surface area contributed by atoms with E-state index in [9.17, 15) is 4.79 Å². The zero-order valence-corrected chi connectivity index (χ0v) is 14.9. The summed E-state index contributed by atoms with van der Waals surface area (Å²) in [5, 5.41) is 8.88. The highest BCUT2D eigenvalue weighted by molar-refractivity contribution is 5.67. The quantitative estimate of drug-likeness (QED) is 0.801. The van der Waals surface area contributed by atoms with Gasteiger partial charge in [0.05, 0.1) is 13.7 Å². The molecule has 1 amide bonds. The fraction of sp³-hybridized carbons (Fsp3) is 0.812. The lowest BCUT2D eigenvalue weighted by Crippen LogP contribution is -2.44. The number of carbonyl (C=O) groups is 1. The van der Waals surface area contributed by atoms with Gasteiger partial charge in [-0.15, -0.1) is 10.2 Å². The molecule has 2 saturated heterocycles. The molecular weight excluding hydrogens is 308 g/mol. The Kier molecular flexibility index (Phi) is 5.35. The SMILES string of the molecule is COC(=O)N1CCC(c2nnc(CN3CCN(C)CC3)n2C)CC1. The van der Waals surface area contributed by atoms with Crippen molar-refractivity contribution in [3.05, 3.63) is 11.6 Å². The third kappa shape index (κ3) is 3.70. The topological polar surface area (TPSA) is 66.7 Å². The number of likely N-dealkylation sites (N-methyl/N-ethyl adjacent to an activating group) is 1. The van der Waals surface area contributed by atoms with E-state index in [1.165, 1.54) is 7.11 Å². The van der Waals surface area contributed by atoms with Crippen molar-refractivity contribution in [2.75, 3.05) is 53.4 Å². The molecule has 0 atom stereocenters. The van der Waals surface area contributed by atoms with Gasteiger partial charge >= 0.3 is 6.09 Å². The van der Waals surface area contributed by atoms with Gasteiger partial charge in [0.1, 0.15) is 11.6 Å². The van der Waals surface area contributed by atoms with E-state index >= 15 is 0 Å². The van der Waals surface area contributed by atoms with Crippen LogP contribution in [0.25, 0.3) is 0 Å². The molecule has 8 nitrogen and oxygen atoms in total. The number of carbonyl (C=O) groups excluding carboxylic acids is 1. The maximum atomic E-state index is 11.6. The summed E-state index contributed by atoms with van der Waals surface area (Å²) in [5.74, 6) is 2.44. The van der Waals surface area contributed by atoms with Crippen LogP contribution in [0.3, 0.4) is 0 Å². The number of nitrogens with zero attached hydrogens (tertiary/aromatic N) is 6. The number of methoxy groups -OCH3 is 1. The molecule has 0 spiro atoms. The van der Waals surface area contributed by atoms with Crippen LogP contribution in [-0.4, -0.2) is 89.0 Å². The fourth-order valence-electron chi connectivity index (χ4n) is 3.52. The molecule has 0 radical (unpaired) electrons. The van der Waals surface area contributed by atoms with Crippen LogP contribution in [0.1, 0.15) is 30.4 Å². The molecule has 2 fully saturated rings. The second-order valence-electron chi connectivity index (χ2n) is 6.84.